The highest BCUT2D eigenvalue weighted by atomic mass is 35.5. The number of nitrogens with two attached hydrogens (primary N) is 1. The third-order valence-electron chi connectivity index (χ3n) is 6.96. The van der Waals surface area contributed by atoms with E-state index in [1.807, 2.05) is 18.3 Å². The van der Waals surface area contributed by atoms with Crippen molar-refractivity contribution in [2.75, 3.05) is 37.0 Å². The Kier molecular flexibility index (Phi) is 5.87. The Balaban J connectivity index is 1.48. The minimum atomic E-state index is 0.0426. The number of imidazole rings is 1. The lowest BCUT2D eigenvalue weighted by molar-refractivity contribution is 0.0974. The highest BCUT2D eigenvalue weighted by molar-refractivity contribution is 7.99. The van der Waals surface area contributed by atoms with E-state index >= 15 is 0 Å². The number of aromatic nitrogens is 3. The summed E-state index contributed by atoms with van der Waals surface area (Å²) in [6, 6.07) is 6.24. The van der Waals surface area contributed by atoms with Crippen LogP contribution in [0.3, 0.4) is 0 Å². The van der Waals surface area contributed by atoms with E-state index in [0.717, 1.165) is 53.8 Å². The van der Waals surface area contributed by atoms with Gasteiger partial charge in [-0.3, -0.25) is 4.40 Å². The van der Waals surface area contributed by atoms with Crippen LogP contribution < -0.4 is 16.0 Å². The lowest BCUT2D eigenvalue weighted by Crippen LogP contribution is -2.50. The predicted octanol–water partition coefficient (Wildman–Crippen LogP) is 3.78. The molecule has 0 bridgehead atoms. The van der Waals surface area contributed by atoms with E-state index in [-0.39, 0.29) is 17.6 Å². The van der Waals surface area contributed by atoms with Crippen LogP contribution in [0.15, 0.2) is 40.5 Å². The van der Waals surface area contributed by atoms with Crippen molar-refractivity contribution in [3.63, 3.8) is 0 Å². The number of rotatable bonds is 4. The van der Waals surface area contributed by atoms with E-state index in [1.165, 1.54) is 11.8 Å². The highest BCUT2D eigenvalue weighted by Crippen LogP contribution is 2.44. The van der Waals surface area contributed by atoms with Crippen LogP contribution in [0.1, 0.15) is 25.3 Å². The van der Waals surface area contributed by atoms with Gasteiger partial charge in [-0.05, 0) is 31.9 Å². The maximum atomic E-state index is 10.0. The number of hydrogen-bond acceptors (Lipinski definition) is 8. The molecule has 0 amide bonds. The van der Waals surface area contributed by atoms with Crippen LogP contribution >= 0.6 is 23.4 Å². The van der Waals surface area contributed by atoms with Gasteiger partial charge in [-0.15, -0.1) is 0 Å². The average Bonchev–Trinajstić information content (AvgIpc) is 3.43. The lowest BCUT2D eigenvalue weighted by Gasteiger charge is -2.42. The van der Waals surface area contributed by atoms with E-state index in [4.69, 9.17) is 22.1 Å². The van der Waals surface area contributed by atoms with Crippen LogP contribution in [-0.2, 0) is 4.74 Å². The van der Waals surface area contributed by atoms with E-state index in [9.17, 15) is 5.26 Å². The Morgan fingerprint density at radius 2 is 2.12 bits per heavy atom. The first-order chi connectivity index (χ1) is 16.0. The van der Waals surface area contributed by atoms with Crippen LogP contribution in [0.2, 0.25) is 5.02 Å². The maximum Gasteiger partial charge on any atom is 0.153 e. The van der Waals surface area contributed by atoms with Crippen molar-refractivity contribution in [2.24, 2.45) is 11.1 Å². The van der Waals surface area contributed by atoms with Crippen LogP contribution in [0.5, 0.6) is 0 Å². The zero-order valence-corrected chi connectivity index (χ0v) is 20.2. The van der Waals surface area contributed by atoms with Crippen molar-refractivity contribution < 1.29 is 4.74 Å². The molecule has 0 radical (unpaired) electrons. The second-order valence-electron chi connectivity index (χ2n) is 8.69. The molecule has 2 aliphatic heterocycles. The van der Waals surface area contributed by atoms with Crippen molar-refractivity contribution in [1.82, 2.24) is 14.4 Å². The third kappa shape index (κ3) is 3.71. The van der Waals surface area contributed by atoms with Gasteiger partial charge in [0.15, 0.2) is 5.65 Å². The summed E-state index contributed by atoms with van der Waals surface area (Å²) in [6.45, 7) is 4.50. The highest BCUT2D eigenvalue weighted by Gasteiger charge is 2.47. The molecule has 33 heavy (non-hydrogen) atoms. The number of nitriles is 1. The van der Waals surface area contributed by atoms with Crippen molar-refractivity contribution in [2.45, 2.75) is 41.7 Å². The number of pyridine rings is 2. The van der Waals surface area contributed by atoms with E-state index in [0.29, 0.717) is 16.4 Å². The summed E-state index contributed by atoms with van der Waals surface area (Å²) in [6.07, 6.45) is 7.44. The van der Waals surface area contributed by atoms with Crippen LogP contribution in [0.25, 0.3) is 5.65 Å². The molecule has 2 fully saturated rings. The largest absolute Gasteiger partial charge is 0.376 e. The van der Waals surface area contributed by atoms with Gasteiger partial charge in [0.1, 0.15) is 17.7 Å². The fourth-order valence-corrected chi connectivity index (χ4v) is 6.23. The van der Waals surface area contributed by atoms with E-state index in [2.05, 4.69) is 37.6 Å². The molecule has 2 unspecified atom stereocenters. The summed E-state index contributed by atoms with van der Waals surface area (Å²) >= 11 is 7.96. The molecule has 0 aromatic carbocycles. The van der Waals surface area contributed by atoms with Gasteiger partial charge in [-0.1, -0.05) is 23.4 Å². The molecule has 3 aromatic heterocycles. The molecular weight excluding hydrogens is 458 g/mol. The molecule has 2 atom stereocenters. The van der Waals surface area contributed by atoms with Gasteiger partial charge in [-0.2, -0.15) is 5.26 Å². The average molecular weight is 484 g/mol. The molecule has 10 heteroatoms. The Bertz CT molecular complexity index is 1230. The second-order valence-corrected chi connectivity index (χ2v) is 10.1. The molecule has 8 nitrogen and oxygen atoms in total. The molecule has 0 saturated carbocycles. The SMILES string of the molecule is CNc1nccc(Sc2c(C#N)cc(N3CCC4(CC3)COC(C)C4N)n3ccnc23)c1Cl. The molecule has 3 N–H and O–H groups in total. The minimum Gasteiger partial charge on any atom is -0.376 e. The third-order valence-corrected chi connectivity index (χ3v) is 8.62. The van der Waals surface area contributed by atoms with Crippen molar-refractivity contribution in [1.29, 1.82) is 5.26 Å². The van der Waals surface area contributed by atoms with Crippen molar-refractivity contribution >= 4 is 40.6 Å². The number of nitrogens with one attached hydrogen (secondary N) is 1. The van der Waals surface area contributed by atoms with Gasteiger partial charge in [0, 0.05) is 55.1 Å². The maximum absolute atomic E-state index is 10.0. The minimum absolute atomic E-state index is 0.0426. The number of halogens is 1. The standard InChI is InChI=1S/C23H26ClN7OS/c1-14-20(26)23(13-32-14)4-8-30(9-5-23)17-11-15(12-25)19(22-29-7-10-31(17)22)33-16-3-6-28-21(27-2)18(16)24/h3,6-7,10-11,14,20H,4-5,8-9,13,26H2,1-2H3,(H,27,28). The number of hydrogen-bond donors (Lipinski definition) is 2. The number of ether oxygens (including phenoxy) is 1. The van der Waals surface area contributed by atoms with Gasteiger partial charge < -0.3 is 20.7 Å². The van der Waals surface area contributed by atoms with Crippen LogP contribution in [0, 0.1) is 16.7 Å². The van der Waals surface area contributed by atoms with Crippen molar-refractivity contribution in [3.05, 3.63) is 41.3 Å². The summed E-state index contributed by atoms with van der Waals surface area (Å²) in [4.78, 5) is 12.7. The smallest absolute Gasteiger partial charge is 0.153 e. The summed E-state index contributed by atoms with van der Waals surface area (Å²) in [5, 5.41) is 13.5. The first-order valence-corrected chi connectivity index (χ1v) is 12.2. The second kappa shape index (κ2) is 8.69. The molecular formula is C23H26ClN7OS. The molecule has 5 rings (SSSR count). The zero-order chi connectivity index (χ0) is 23.2. The molecule has 2 saturated heterocycles. The van der Waals surface area contributed by atoms with Crippen molar-refractivity contribution in [3.8, 4) is 6.07 Å². The summed E-state index contributed by atoms with van der Waals surface area (Å²) in [5.74, 6) is 1.57. The lowest BCUT2D eigenvalue weighted by atomic mass is 9.73. The fraction of sp³-hybridized carbons (Fsp3) is 0.435. The summed E-state index contributed by atoms with van der Waals surface area (Å²) < 4.78 is 7.93. The first-order valence-electron chi connectivity index (χ1n) is 11.0. The molecule has 2 aliphatic rings. The molecule has 1 spiro atoms. The number of piperidine rings is 1. The van der Waals surface area contributed by atoms with Gasteiger partial charge >= 0.3 is 0 Å². The molecule has 5 heterocycles. The fourth-order valence-electron chi connectivity index (χ4n) is 4.91. The van der Waals surface area contributed by atoms with Gasteiger partial charge in [0.2, 0.25) is 0 Å². The quantitative estimate of drug-likeness (QED) is 0.577. The van der Waals surface area contributed by atoms with E-state index in [1.54, 1.807) is 19.4 Å². The Morgan fingerprint density at radius 3 is 2.79 bits per heavy atom. The molecule has 172 valence electrons. The van der Waals surface area contributed by atoms with Gasteiger partial charge in [0.05, 0.1) is 28.2 Å². The first kappa shape index (κ1) is 22.3. The summed E-state index contributed by atoms with van der Waals surface area (Å²) in [7, 11) is 1.78. The predicted molar refractivity (Wildman–Crippen MR) is 130 cm³/mol. The van der Waals surface area contributed by atoms with E-state index < -0.39 is 0 Å². The number of anilines is 2. The topological polar surface area (TPSA) is 104 Å². The number of fused-ring (bicyclic) bond motifs is 1. The Labute approximate surface area is 202 Å². The molecule has 3 aromatic rings. The van der Waals surface area contributed by atoms with Gasteiger partial charge in [0.25, 0.3) is 0 Å². The zero-order valence-electron chi connectivity index (χ0n) is 18.6. The molecule has 0 aliphatic carbocycles. The van der Waals surface area contributed by atoms with Crippen LogP contribution in [-0.4, -0.2) is 53.3 Å². The summed E-state index contributed by atoms with van der Waals surface area (Å²) in [5.41, 5.74) is 7.85. The normalized spacial score (nSPS) is 22.1. The Hall–Kier alpha value is -2.51. The number of nitrogens with zero attached hydrogens (tertiary/aromatic N) is 5. The Morgan fingerprint density at radius 1 is 1.33 bits per heavy atom. The van der Waals surface area contributed by atoms with Crippen LogP contribution in [0.4, 0.5) is 11.6 Å². The monoisotopic (exact) mass is 483 g/mol. The van der Waals surface area contributed by atoms with Gasteiger partial charge in [-0.25, -0.2) is 9.97 Å².